The van der Waals surface area contributed by atoms with Crippen LogP contribution in [0.5, 0.6) is 0 Å². The van der Waals surface area contributed by atoms with E-state index in [9.17, 15) is 0 Å². The van der Waals surface area contributed by atoms with Gasteiger partial charge in [0, 0.05) is 21.1 Å². The summed E-state index contributed by atoms with van der Waals surface area (Å²) >= 11 is 10.6. The predicted molar refractivity (Wildman–Crippen MR) is 78.5 cm³/mol. The van der Waals surface area contributed by atoms with Gasteiger partial charge in [-0.2, -0.15) is 0 Å². The van der Waals surface area contributed by atoms with Crippen LogP contribution in [0, 0.1) is 5.41 Å². The Kier molecular flexibility index (Phi) is 4.27. The Morgan fingerprint density at radius 3 is 2.72 bits per heavy atom. The molecule has 92 valence electrons. The zero-order valence-corrected chi connectivity index (χ0v) is 12.3. The van der Waals surface area contributed by atoms with Crippen LogP contribution in [0.3, 0.4) is 0 Å². The molecule has 3 N–H and O–H groups in total. The van der Waals surface area contributed by atoms with Gasteiger partial charge in [0.05, 0.1) is 5.02 Å². The Bertz CT molecular complexity index is 586. The molecule has 0 fully saturated rings. The summed E-state index contributed by atoms with van der Waals surface area (Å²) in [4.78, 5) is 5.09. The van der Waals surface area contributed by atoms with Crippen LogP contribution in [0.2, 0.25) is 5.02 Å². The number of hydrogen-bond donors (Lipinski definition) is 2. The third-order valence-corrected chi connectivity index (χ3v) is 3.87. The molecule has 0 spiro atoms. The van der Waals surface area contributed by atoms with E-state index in [4.69, 9.17) is 22.7 Å². The van der Waals surface area contributed by atoms with Crippen molar-refractivity contribution in [2.45, 2.75) is 9.92 Å². The molecule has 0 aliphatic carbocycles. The van der Waals surface area contributed by atoms with Crippen LogP contribution in [-0.4, -0.2) is 10.8 Å². The van der Waals surface area contributed by atoms with Crippen molar-refractivity contribution in [2.24, 2.45) is 5.73 Å². The van der Waals surface area contributed by atoms with Crippen LogP contribution in [-0.2, 0) is 0 Å². The number of rotatable bonds is 3. The SMILES string of the molecule is N=C(N)c1ccc(Br)cc1Sc1ccc(Cl)cn1. The number of benzene rings is 1. The smallest absolute Gasteiger partial charge is 0.123 e. The lowest BCUT2D eigenvalue weighted by molar-refractivity contribution is 1.13. The largest absolute Gasteiger partial charge is 0.384 e. The van der Waals surface area contributed by atoms with Crippen LogP contribution < -0.4 is 5.73 Å². The van der Waals surface area contributed by atoms with Gasteiger partial charge in [-0.25, -0.2) is 4.98 Å². The molecule has 1 aromatic carbocycles. The molecule has 0 unspecified atom stereocenters. The molecule has 6 heteroatoms. The maximum Gasteiger partial charge on any atom is 0.123 e. The summed E-state index contributed by atoms with van der Waals surface area (Å²) in [7, 11) is 0. The zero-order chi connectivity index (χ0) is 13.1. The molecule has 0 bridgehead atoms. The van der Waals surface area contributed by atoms with Gasteiger partial charge in [-0.3, -0.25) is 5.41 Å². The first kappa shape index (κ1) is 13.4. The maximum atomic E-state index is 7.55. The molecule has 0 saturated carbocycles. The molecular weight excluding hydrogens is 334 g/mol. The zero-order valence-electron chi connectivity index (χ0n) is 9.15. The van der Waals surface area contributed by atoms with Gasteiger partial charge in [0.25, 0.3) is 0 Å². The third kappa shape index (κ3) is 3.25. The minimum atomic E-state index is 0.0407. The quantitative estimate of drug-likeness (QED) is 0.656. The van der Waals surface area contributed by atoms with Gasteiger partial charge in [0.15, 0.2) is 0 Å². The van der Waals surface area contributed by atoms with E-state index in [1.54, 1.807) is 12.3 Å². The predicted octanol–water partition coefficient (Wildman–Crippen LogP) is 3.93. The molecular formula is C12H9BrClN3S. The Morgan fingerprint density at radius 2 is 2.11 bits per heavy atom. The van der Waals surface area contributed by atoms with Crippen LogP contribution in [0.4, 0.5) is 0 Å². The minimum Gasteiger partial charge on any atom is -0.384 e. The van der Waals surface area contributed by atoms with Crippen molar-refractivity contribution in [1.82, 2.24) is 4.98 Å². The van der Waals surface area contributed by atoms with Crippen molar-refractivity contribution in [3.05, 3.63) is 51.6 Å². The highest BCUT2D eigenvalue weighted by atomic mass is 79.9. The van der Waals surface area contributed by atoms with Crippen LogP contribution in [0.1, 0.15) is 5.56 Å². The molecule has 2 rings (SSSR count). The van der Waals surface area contributed by atoms with Gasteiger partial charge < -0.3 is 5.73 Å². The summed E-state index contributed by atoms with van der Waals surface area (Å²) in [5, 5.41) is 8.96. The second kappa shape index (κ2) is 5.73. The standard InChI is InChI=1S/C12H9BrClN3S/c13-7-1-3-9(12(15)16)10(5-7)18-11-4-2-8(14)6-17-11/h1-6H,(H3,15,16). The lowest BCUT2D eigenvalue weighted by Crippen LogP contribution is -2.12. The van der Waals surface area contributed by atoms with E-state index >= 15 is 0 Å². The van der Waals surface area contributed by atoms with Crippen molar-refractivity contribution >= 4 is 45.1 Å². The summed E-state index contributed by atoms with van der Waals surface area (Å²) in [5.74, 6) is 0.0407. The van der Waals surface area contributed by atoms with Gasteiger partial charge in [0.1, 0.15) is 10.9 Å². The van der Waals surface area contributed by atoms with E-state index in [-0.39, 0.29) is 5.84 Å². The van der Waals surface area contributed by atoms with E-state index in [0.717, 1.165) is 14.4 Å². The normalized spacial score (nSPS) is 10.3. The Labute approximate surface area is 122 Å². The van der Waals surface area contributed by atoms with Crippen molar-refractivity contribution < 1.29 is 0 Å². The molecule has 0 radical (unpaired) electrons. The minimum absolute atomic E-state index is 0.0407. The molecule has 2 aromatic rings. The summed E-state index contributed by atoms with van der Waals surface area (Å²) in [5.41, 5.74) is 6.25. The number of nitrogen functional groups attached to an aromatic ring is 1. The molecule has 0 atom stereocenters. The summed E-state index contributed by atoms with van der Waals surface area (Å²) < 4.78 is 0.934. The third-order valence-electron chi connectivity index (χ3n) is 2.15. The van der Waals surface area contributed by atoms with Crippen LogP contribution >= 0.6 is 39.3 Å². The average molecular weight is 343 g/mol. The molecule has 0 aliphatic rings. The molecule has 0 amide bonds. The number of nitrogens with zero attached hydrogens (tertiary/aromatic N) is 1. The second-order valence-electron chi connectivity index (χ2n) is 3.47. The number of amidine groups is 1. The monoisotopic (exact) mass is 341 g/mol. The van der Waals surface area contributed by atoms with Crippen molar-refractivity contribution in [3.63, 3.8) is 0 Å². The lowest BCUT2D eigenvalue weighted by atomic mass is 10.2. The van der Waals surface area contributed by atoms with Gasteiger partial charge in [0.2, 0.25) is 0 Å². The first-order chi connectivity index (χ1) is 8.56. The maximum absolute atomic E-state index is 7.55. The van der Waals surface area contributed by atoms with E-state index in [2.05, 4.69) is 20.9 Å². The highest BCUT2D eigenvalue weighted by Crippen LogP contribution is 2.31. The lowest BCUT2D eigenvalue weighted by Gasteiger charge is -2.08. The number of pyridine rings is 1. The number of aromatic nitrogens is 1. The summed E-state index contributed by atoms with van der Waals surface area (Å²) in [6.45, 7) is 0. The van der Waals surface area contributed by atoms with Crippen LogP contribution in [0.25, 0.3) is 0 Å². The van der Waals surface area contributed by atoms with E-state index in [0.29, 0.717) is 10.6 Å². The fraction of sp³-hybridized carbons (Fsp3) is 0. The van der Waals surface area contributed by atoms with Crippen LogP contribution in [0.15, 0.2) is 50.9 Å². The molecule has 1 heterocycles. The average Bonchev–Trinajstić information content (AvgIpc) is 2.32. The Morgan fingerprint density at radius 1 is 1.33 bits per heavy atom. The Hall–Kier alpha value is -1.04. The highest BCUT2D eigenvalue weighted by molar-refractivity contribution is 9.10. The fourth-order valence-electron chi connectivity index (χ4n) is 1.34. The van der Waals surface area contributed by atoms with Gasteiger partial charge in [-0.05, 0) is 30.3 Å². The summed E-state index contributed by atoms with van der Waals surface area (Å²) in [6.07, 6.45) is 1.59. The van der Waals surface area contributed by atoms with Gasteiger partial charge in [-0.1, -0.05) is 39.3 Å². The summed E-state index contributed by atoms with van der Waals surface area (Å²) in [6, 6.07) is 9.19. The van der Waals surface area contributed by atoms with Crippen molar-refractivity contribution in [3.8, 4) is 0 Å². The van der Waals surface area contributed by atoms with E-state index < -0.39 is 0 Å². The van der Waals surface area contributed by atoms with E-state index in [1.807, 2.05) is 24.3 Å². The number of hydrogen-bond acceptors (Lipinski definition) is 3. The number of nitrogens with two attached hydrogens (primary N) is 1. The molecule has 0 saturated heterocycles. The van der Waals surface area contributed by atoms with E-state index in [1.165, 1.54) is 11.8 Å². The first-order valence-electron chi connectivity index (χ1n) is 4.99. The van der Waals surface area contributed by atoms with Crippen molar-refractivity contribution in [1.29, 1.82) is 5.41 Å². The second-order valence-corrected chi connectivity index (χ2v) is 5.89. The number of nitrogens with one attached hydrogen (secondary N) is 1. The first-order valence-corrected chi connectivity index (χ1v) is 6.98. The Balaban J connectivity index is 2.35. The van der Waals surface area contributed by atoms with Gasteiger partial charge >= 0.3 is 0 Å². The molecule has 18 heavy (non-hydrogen) atoms. The highest BCUT2D eigenvalue weighted by Gasteiger charge is 2.08. The van der Waals surface area contributed by atoms with Gasteiger partial charge in [-0.15, -0.1) is 0 Å². The molecule has 0 aliphatic heterocycles. The molecule has 3 nitrogen and oxygen atoms in total. The fourth-order valence-corrected chi connectivity index (χ4v) is 2.90. The number of halogens is 2. The molecule has 1 aromatic heterocycles. The topological polar surface area (TPSA) is 62.8 Å². The van der Waals surface area contributed by atoms with Crippen molar-refractivity contribution in [2.75, 3.05) is 0 Å².